The number of hydrogen-bond donors (Lipinski definition) is 3. The zero-order valence-corrected chi connectivity index (χ0v) is 14.7. The fourth-order valence-corrected chi connectivity index (χ4v) is 3.76. The molecule has 24 heavy (non-hydrogen) atoms. The van der Waals surface area contributed by atoms with Crippen molar-refractivity contribution in [3.05, 3.63) is 34.9 Å². The number of aliphatic carboxylic acids is 1. The third-order valence-corrected chi connectivity index (χ3v) is 5.30. The average molecular weight is 350 g/mol. The van der Waals surface area contributed by atoms with Gasteiger partial charge in [-0.3, -0.25) is 9.59 Å². The molecule has 1 saturated heterocycles. The molecule has 0 saturated carbocycles. The van der Waals surface area contributed by atoms with Gasteiger partial charge in [0.15, 0.2) is 0 Å². The maximum absolute atomic E-state index is 12.1. The van der Waals surface area contributed by atoms with Crippen LogP contribution in [0.25, 0.3) is 0 Å². The summed E-state index contributed by atoms with van der Waals surface area (Å²) in [5.74, 6) is -0.460. The van der Waals surface area contributed by atoms with Crippen LogP contribution in [0.1, 0.15) is 34.3 Å². The molecule has 2 rings (SSSR count). The Balaban J connectivity index is 1.93. The molecule has 1 heterocycles. The van der Waals surface area contributed by atoms with Gasteiger partial charge < -0.3 is 15.7 Å². The molecule has 0 aromatic heterocycles. The summed E-state index contributed by atoms with van der Waals surface area (Å²) in [6.07, 6.45) is 0.785. The quantitative estimate of drug-likeness (QED) is 0.748. The van der Waals surface area contributed by atoms with Gasteiger partial charge in [-0.25, -0.2) is 4.79 Å². The van der Waals surface area contributed by atoms with Crippen molar-refractivity contribution in [2.24, 2.45) is 0 Å². The Morgan fingerprint density at radius 3 is 2.42 bits per heavy atom. The number of aryl methyl sites for hydroxylation is 2. The fraction of sp³-hybridized carbons (Fsp3) is 0.471. The molecule has 0 aliphatic carbocycles. The lowest BCUT2D eigenvalue weighted by Gasteiger charge is -2.33. The van der Waals surface area contributed by atoms with E-state index < -0.39 is 17.4 Å². The molecule has 3 N–H and O–H groups in total. The number of benzene rings is 1. The lowest BCUT2D eigenvalue weighted by Crippen LogP contribution is -2.58. The van der Waals surface area contributed by atoms with Crippen molar-refractivity contribution in [2.45, 2.75) is 32.2 Å². The van der Waals surface area contributed by atoms with Crippen LogP contribution in [-0.2, 0) is 9.59 Å². The van der Waals surface area contributed by atoms with E-state index in [0.717, 1.165) is 11.1 Å². The highest BCUT2D eigenvalue weighted by Gasteiger charge is 2.41. The van der Waals surface area contributed by atoms with Gasteiger partial charge in [-0.05, 0) is 61.5 Å². The number of carbonyl (C=O) groups is 3. The van der Waals surface area contributed by atoms with Crippen LogP contribution < -0.4 is 10.6 Å². The van der Waals surface area contributed by atoms with Crippen molar-refractivity contribution in [3.63, 3.8) is 0 Å². The van der Waals surface area contributed by atoms with Crippen LogP contribution >= 0.6 is 11.8 Å². The summed E-state index contributed by atoms with van der Waals surface area (Å²) in [5.41, 5.74) is 1.35. The molecule has 7 heteroatoms. The second-order valence-electron chi connectivity index (χ2n) is 6.03. The number of carbonyl (C=O) groups excluding carboxylic acids is 2. The second-order valence-corrected chi connectivity index (χ2v) is 7.25. The van der Waals surface area contributed by atoms with Crippen molar-refractivity contribution >= 4 is 29.5 Å². The van der Waals surface area contributed by atoms with Gasteiger partial charge in [0.2, 0.25) is 5.91 Å². The Morgan fingerprint density at radius 1 is 1.17 bits per heavy atom. The minimum absolute atomic E-state index is 0.242. The fourth-order valence-electron chi connectivity index (χ4n) is 2.57. The summed E-state index contributed by atoms with van der Waals surface area (Å²) < 4.78 is 0. The van der Waals surface area contributed by atoms with E-state index in [1.807, 2.05) is 19.9 Å². The number of rotatable bonds is 5. The first kappa shape index (κ1) is 18.3. The highest BCUT2D eigenvalue weighted by atomic mass is 32.2. The Morgan fingerprint density at radius 2 is 1.83 bits per heavy atom. The summed E-state index contributed by atoms with van der Waals surface area (Å²) in [6, 6.07) is 5.32. The van der Waals surface area contributed by atoms with Crippen LogP contribution in [0.4, 0.5) is 0 Å². The first-order valence-corrected chi connectivity index (χ1v) is 8.97. The van der Waals surface area contributed by atoms with E-state index in [-0.39, 0.29) is 12.5 Å². The summed E-state index contributed by atoms with van der Waals surface area (Å²) in [6.45, 7) is 3.63. The summed E-state index contributed by atoms with van der Waals surface area (Å²) in [4.78, 5) is 35.7. The molecule has 130 valence electrons. The van der Waals surface area contributed by atoms with Gasteiger partial charge in [-0.1, -0.05) is 6.07 Å². The van der Waals surface area contributed by atoms with Crippen LogP contribution in [-0.4, -0.2) is 46.5 Å². The van der Waals surface area contributed by atoms with Crippen molar-refractivity contribution < 1.29 is 19.5 Å². The third-order valence-electron chi connectivity index (χ3n) is 4.31. The van der Waals surface area contributed by atoms with E-state index in [9.17, 15) is 19.5 Å². The number of amides is 2. The van der Waals surface area contributed by atoms with Gasteiger partial charge in [-0.15, -0.1) is 0 Å². The normalized spacial score (nSPS) is 16.2. The monoisotopic (exact) mass is 350 g/mol. The van der Waals surface area contributed by atoms with Crippen LogP contribution in [0.2, 0.25) is 0 Å². The predicted octanol–water partition coefficient (Wildman–Crippen LogP) is 1.50. The number of carboxylic acids is 1. The molecular weight excluding hydrogens is 328 g/mol. The Kier molecular flexibility index (Phi) is 5.88. The van der Waals surface area contributed by atoms with Crippen LogP contribution in [0.15, 0.2) is 18.2 Å². The first-order chi connectivity index (χ1) is 11.3. The Labute approximate surface area is 145 Å². The topological polar surface area (TPSA) is 95.5 Å². The van der Waals surface area contributed by atoms with Gasteiger partial charge in [-0.2, -0.15) is 11.8 Å². The summed E-state index contributed by atoms with van der Waals surface area (Å²) >= 11 is 1.68. The molecule has 1 aromatic rings. The van der Waals surface area contributed by atoms with E-state index in [0.29, 0.717) is 29.9 Å². The van der Waals surface area contributed by atoms with E-state index in [4.69, 9.17) is 0 Å². The van der Waals surface area contributed by atoms with Crippen molar-refractivity contribution in [1.82, 2.24) is 10.6 Å². The number of thioether (sulfide) groups is 1. The third kappa shape index (κ3) is 4.29. The minimum atomic E-state index is -1.21. The van der Waals surface area contributed by atoms with E-state index >= 15 is 0 Å². The smallest absolute Gasteiger partial charge is 0.329 e. The minimum Gasteiger partial charge on any atom is -0.480 e. The highest BCUT2D eigenvalue weighted by molar-refractivity contribution is 7.99. The number of hydrogen-bond acceptors (Lipinski definition) is 4. The highest BCUT2D eigenvalue weighted by Crippen LogP contribution is 2.27. The first-order valence-electron chi connectivity index (χ1n) is 7.82. The summed E-state index contributed by atoms with van der Waals surface area (Å²) in [5, 5.41) is 14.6. The second kappa shape index (κ2) is 7.70. The van der Waals surface area contributed by atoms with Gasteiger partial charge in [0.1, 0.15) is 5.54 Å². The van der Waals surface area contributed by atoms with Gasteiger partial charge in [0.05, 0.1) is 6.54 Å². The van der Waals surface area contributed by atoms with Gasteiger partial charge in [0, 0.05) is 5.56 Å². The molecule has 0 spiro atoms. The van der Waals surface area contributed by atoms with Crippen LogP contribution in [0.3, 0.4) is 0 Å². The molecule has 0 unspecified atom stereocenters. The number of carboxylic acid groups (broad SMARTS) is 1. The van der Waals surface area contributed by atoms with E-state index in [2.05, 4.69) is 10.6 Å². The molecular formula is C17H22N2O4S. The standard InChI is InChI=1S/C17H22N2O4S/c1-11-3-4-13(9-12(11)2)15(21)18-10-14(20)19-17(16(22)23)5-7-24-8-6-17/h3-4,9H,5-8,10H2,1-2H3,(H,18,21)(H,19,20)(H,22,23). The zero-order valence-electron chi connectivity index (χ0n) is 13.8. The molecule has 1 fully saturated rings. The predicted molar refractivity (Wildman–Crippen MR) is 93.3 cm³/mol. The Hall–Kier alpha value is -2.02. The molecule has 2 amide bonds. The SMILES string of the molecule is Cc1ccc(C(=O)NCC(=O)NC2(C(=O)O)CCSCC2)cc1C. The maximum atomic E-state index is 12.1. The average Bonchev–Trinajstić information content (AvgIpc) is 2.56. The molecule has 0 radical (unpaired) electrons. The lowest BCUT2D eigenvalue weighted by atomic mass is 9.92. The molecule has 1 aliphatic rings. The number of nitrogens with one attached hydrogen (secondary N) is 2. The van der Waals surface area contributed by atoms with E-state index in [1.54, 1.807) is 23.9 Å². The maximum Gasteiger partial charge on any atom is 0.329 e. The largest absolute Gasteiger partial charge is 0.480 e. The van der Waals surface area contributed by atoms with Gasteiger partial charge >= 0.3 is 5.97 Å². The van der Waals surface area contributed by atoms with E-state index in [1.165, 1.54) is 0 Å². The molecule has 1 aliphatic heterocycles. The zero-order chi connectivity index (χ0) is 17.7. The molecule has 6 nitrogen and oxygen atoms in total. The summed E-state index contributed by atoms with van der Waals surface area (Å²) in [7, 11) is 0. The van der Waals surface area contributed by atoms with Gasteiger partial charge in [0.25, 0.3) is 5.91 Å². The molecule has 0 atom stereocenters. The van der Waals surface area contributed by atoms with Crippen molar-refractivity contribution in [1.29, 1.82) is 0 Å². The Bertz CT molecular complexity index is 654. The van der Waals surface area contributed by atoms with Crippen molar-refractivity contribution in [2.75, 3.05) is 18.1 Å². The molecule has 0 bridgehead atoms. The lowest BCUT2D eigenvalue weighted by molar-refractivity contribution is -0.147. The van der Waals surface area contributed by atoms with Crippen LogP contribution in [0.5, 0.6) is 0 Å². The molecule has 1 aromatic carbocycles. The van der Waals surface area contributed by atoms with Crippen LogP contribution in [0, 0.1) is 13.8 Å². The van der Waals surface area contributed by atoms with Crippen molar-refractivity contribution in [3.8, 4) is 0 Å².